The number of carbonyl (C=O) groups excluding carboxylic acids is 2. The molecule has 1 unspecified atom stereocenters. The molecule has 5 heteroatoms. The van der Waals surface area contributed by atoms with Crippen molar-refractivity contribution in [3.05, 3.63) is 11.6 Å². The van der Waals surface area contributed by atoms with Gasteiger partial charge >= 0.3 is 5.97 Å². The fourth-order valence-electron chi connectivity index (χ4n) is 2.33. The second kappa shape index (κ2) is 7.07. The molecule has 19 heavy (non-hydrogen) atoms. The maximum atomic E-state index is 11.7. The van der Waals surface area contributed by atoms with Crippen LogP contribution in [0.4, 0.5) is 0 Å². The van der Waals surface area contributed by atoms with Gasteiger partial charge in [-0.25, -0.2) is 0 Å². The van der Waals surface area contributed by atoms with Crippen molar-refractivity contribution < 1.29 is 19.5 Å². The van der Waals surface area contributed by atoms with E-state index in [4.69, 9.17) is 5.11 Å². The Kier molecular flexibility index (Phi) is 5.73. The van der Waals surface area contributed by atoms with Crippen LogP contribution in [-0.4, -0.2) is 34.3 Å². The Hall–Kier alpha value is -1.65. The van der Waals surface area contributed by atoms with Crippen LogP contribution >= 0.6 is 0 Å². The van der Waals surface area contributed by atoms with Crippen molar-refractivity contribution in [3.63, 3.8) is 0 Å². The van der Waals surface area contributed by atoms with E-state index in [-0.39, 0.29) is 24.2 Å². The van der Waals surface area contributed by atoms with Gasteiger partial charge in [0.1, 0.15) is 0 Å². The van der Waals surface area contributed by atoms with Gasteiger partial charge in [0.05, 0.1) is 0 Å². The lowest BCUT2D eigenvalue weighted by Gasteiger charge is -2.19. The lowest BCUT2D eigenvalue weighted by molar-refractivity contribution is -0.139. The molecule has 0 fully saturated rings. The molecule has 0 radical (unpaired) electrons. The van der Waals surface area contributed by atoms with Crippen LogP contribution in [0, 0.1) is 5.92 Å². The van der Waals surface area contributed by atoms with Gasteiger partial charge in [-0.3, -0.25) is 19.3 Å². The number of carboxylic acids is 1. The summed E-state index contributed by atoms with van der Waals surface area (Å²) in [7, 11) is 0. The molecular weight excluding hydrogens is 246 g/mol. The summed E-state index contributed by atoms with van der Waals surface area (Å²) in [5, 5.41) is 8.70. The Morgan fingerprint density at radius 2 is 2.00 bits per heavy atom. The molecule has 1 heterocycles. The molecule has 1 atom stereocenters. The van der Waals surface area contributed by atoms with E-state index in [1.54, 1.807) is 6.92 Å². The van der Waals surface area contributed by atoms with E-state index in [2.05, 4.69) is 0 Å². The number of carboxylic acid groups (broad SMARTS) is 1. The normalized spacial score (nSPS) is 16.7. The summed E-state index contributed by atoms with van der Waals surface area (Å²) >= 11 is 0. The number of aliphatic carboxylic acids is 1. The Morgan fingerprint density at radius 3 is 2.47 bits per heavy atom. The van der Waals surface area contributed by atoms with Gasteiger partial charge in [0.2, 0.25) is 0 Å². The highest BCUT2D eigenvalue weighted by Crippen LogP contribution is 2.20. The van der Waals surface area contributed by atoms with Crippen molar-refractivity contribution in [2.24, 2.45) is 5.92 Å². The van der Waals surface area contributed by atoms with E-state index >= 15 is 0 Å². The van der Waals surface area contributed by atoms with Gasteiger partial charge in [-0.15, -0.1) is 0 Å². The molecule has 106 valence electrons. The van der Waals surface area contributed by atoms with Gasteiger partial charge in [0, 0.05) is 24.6 Å². The van der Waals surface area contributed by atoms with Crippen molar-refractivity contribution in [3.8, 4) is 0 Å². The lowest BCUT2D eigenvalue weighted by atomic mass is 9.94. The Labute approximate surface area is 113 Å². The minimum atomic E-state index is -0.799. The van der Waals surface area contributed by atoms with E-state index in [1.807, 2.05) is 6.92 Å². The third kappa shape index (κ3) is 4.50. The van der Waals surface area contributed by atoms with Crippen molar-refractivity contribution >= 4 is 17.8 Å². The number of carbonyl (C=O) groups is 3. The van der Waals surface area contributed by atoms with E-state index in [0.29, 0.717) is 25.0 Å². The van der Waals surface area contributed by atoms with Crippen LogP contribution in [0.5, 0.6) is 0 Å². The van der Waals surface area contributed by atoms with Gasteiger partial charge in [0.15, 0.2) is 0 Å². The third-order valence-electron chi connectivity index (χ3n) is 3.41. The lowest BCUT2D eigenvalue weighted by Crippen LogP contribution is -2.32. The molecule has 1 N–H and O–H groups in total. The molecule has 5 nitrogen and oxygen atoms in total. The van der Waals surface area contributed by atoms with Crippen LogP contribution in [0.2, 0.25) is 0 Å². The second-order valence-corrected chi connectivity index (χ2v) is 5.00. The van der Waals surface area contributed by atoms with E-state index in [1.165, 1.54) is 11.0 Å². The topological polar surface area (TPSA) is 74.7 Å². The minimum absolute atomic E-state index is 0.143. The molecule has 0 aliphatic carbocycles. The predicted octanol–water partition coefficient (Wildman–Crippen LogP) is 1.97. The first-order chi connectivity index (χ1) is 8.95. The molecule has 0 saturated carbocycles. The summed E-state index contributed by atoms with van der Waals surface area (Å²) < 4.78 is 0. The van der Waals surface area contributed by atoms with E-state index in [0.717, 1.165) is 12.8 Å². The largest absolute Gasteiger partial charge is 0.481 e. The van der Waals surface area contributed by atoms with E-state index < -0.39 is 5.97 Å². The Balaban J connectivity index is 2.45. The molecule has 0 saturated heterocycles. The summed E-state index contributed by atoms with van der Waals surface area (Å²) in [6.45, 7) is 4.07. The van der Waals surface area contributed by atoms with Gasteiger partial charge in [0.25, 0.3) is 11.8 Å². The highest BCUT2D eigenvalue weighted by Gasteiger charge is 2.28. The summed E-state index contributed by atoms with van der Waals surface area (Å²) in [4.78, 5) is 35.1. The van der Waals surface area contributed by atoms with Crippen LogP contribution in [0.25, 0.3) is 0 Å². The monoisotopic (exact) mass is 267 g/mol. The molecule has 1 aliphatic rings. The Bertz CT molecular complexity index is 400. The zero-order chi connectivity index (χ0) is 14.4. The van der Waals surface area contributed by atoms with Crippen molar-refractivity contribution in [2.75, 3.05) is 6.54 Å². The molecule has 0 aromatic carbocycles. The first-order valence-corrected chi connectivity index (χ1v) is 6.71. The van der Waals surface area contributed by atoms with Crippen LogP contribution in [-0.2, 0) is 14.4 Å². The standard InChI is InChI=1S/C14H21NO4/c1-3-4-11(5-6-13(17)18)7-8-15-12(16)9-10(2)14(15)19/h9,11H,3-8H2,1-2H3,(H,17,18). The number of rotatable bonds is 8. The highest BCUT2D eigenvalue weighted by atomic mass is 16.4. The molecule has 0 bridgehead atoms. The van der Waals surface area contributed by atoms with Crippen LogP contribution < -0.4 is 0 Å². The summed E-state index contributed by atoms with van der Waals surface area (Å²) in [6, 6.07) is 0. The number of hydrogen-bond acceptors (Lipinski definition) is 3. The predicted molar refractivity (Wildman–Crippen MR) is 70.4 cm³/mol. The summed E-state index contributed by atoms with van der Waals surface area (Å²) in [5.41, 5.74) is 0.475. The molecule has 2 amide bonds. The average Bonchev–Trinajstić information content (AvgIpc) is 2.58. The SMILES string of the molecule is CCCC(CCC(=O)O)CCN1C(=O)C=C(C)C1=O. The van der Waals surface area contributed by atoms with Gasteiger partial charge in [-0.1, -0.05) is 19.8 Å². The van der Waals surface area contributed by atoms with Crippen molar-refractivity contribution in [1.29, 1.82) is 0 Å². The molecule has 0 aromatic heterocycles. The molecule has 0 spiro atoms. The zero-order valence-electron chi connectivity index (χ0n) is 11.5. The smallest absolute Gasteiger partial charge is 0.303 e. The molecule has 0 aromatic rings. The maximum absolute atomic E-state index is 11.7. The summed E-state index contributed by atoms with van der Waals surface area (Å²) in [5.74, 6) is -1.02. The van der Waals surface area contributed by atoms with Crippen LogP contribution in [0.3, 0.4) is 0 Å². The number of amides is 2. The number of nitrogens with zero attached hydrogens (tertiary/aromatic N) is 1. The average molecular weight is 267 g/mol. The highest BCUT2D eigenvalue weighted by molar-refractivity contribution is 6.15. The van der Waals surface area contributed by atoms with Gasteiger partial charge in [-0.2, -0.15) is 0 Å². The van der Waals surface area contributed by atoms with Crippen LogP contribution in [0.1, 0.15) is 46.0 Å². The van der Waals surface area contributed by atoms with Crippen LogP contribution in [0.15, 0.2) is 11.6 Å². The molecule has 1 aliphatic heterocycles. The third-order valence-corrected chi connectivity index (χ3v) is 3.41. The molecule has 1 rings (SSSR count). The van der Waals surface area contributed by atoms with Crippen molar-refractivity contribution in [2.45, 2.75) is 46.0 Å². The van der Waals surface area contributed by atoms with Gasteiger partial charge in [-0.05, 0) is 25.7 Å². The second-order valence-electron chi connectivity index (χ2n) is 5.00. The number of hydrogen-bond donors (Lipinski definition) is 1. The Morgan fingerprint density at radius 1 is 1.32 bits per heavy atom. The fourth-order valence-corrected chi connectivity index (χ4v) is 2.33. The van der Waals surface area contributed by atoms with E-state index in [9.17, 15) is 14.4 Å². The van der Waals surface area contributed by atoms with Crippen molar-refractivity contribution in [1.82, 2.24) is 4.90 Å². The first-order valence-electron chi connectivity index (χ1n) is 6.71. The molecular formula is C14H21NO4. The maximum Gasteiger partial charge on any atom is 0.303 e. The summed E-state index contributed by atoms with van der Waals surface area (Å²) in [6.07, 6.45) is 4.68. The minimum Gasteiger partial charge on any atom is -0.481 e. The quantitative estimate of drug-likeness (QED) is 0.682. The fraction of sp³-hybridized carbons (Fsp3) is 0.643. The van der Waals surface area contributed by atoms with Gasteiger partial charge < -0.3 is 5.11 Å². The first kappa shape index (κ1) is 15.4. The zero-order valence-corrected chi connectivity index (χ0v) is 11.5. The number of imide groups is 1.